The third-order valence-corrected chi connectivity index (χ3v) is 4.85. The highest BCUT2D eigenvalue weighted by Crippen LogP contribution is 2.26. The van der Waals surface area contributed by atoms with E-state index in [1.807, 2.05) is 44.2 Å². The number of hydrogen-bond donors (Lipinski definition) is 1. The van der Waals surface area contributed by atoms with Gasteiger partial charge in [0.15, 0.2) is 6.61 Å². The summed E-state index contributed by atoms with van der Waals surface area (Å²) in [6.45, 7) is 3.65. The summed E-state index contributed by atoms with van der Waals surface area (Å²) in [6.07, 6.45) is 1.77. The van der Waals surface area contributed by atoms with Gasteiger partial charge < -0.3 is 10.1 Å². The Morgan fingerprint density at radius 2 is 1.73 bits per heavy atom. The fraction of sp³-hybridized carbons (Fsp3) is 0.304. The van der Waals surface area contributed by atoms with Crippen molar-refractivity contribution in [1.29, 1.82) is 0 Å². The van der Waals surface area contributed by atoms with Crippen molar-refractivity contribution >= 4 is 23.7 Å². The number of hydrogen-bond acceptors (Lipinski definition) is 5. The molecule has 3 rings (SSSR count). The predicted octanol–water partition coefficient (Wildman–Crippen LogP) is 2.94. The monoisotopic (exact) mass is 408 g/mol. The average Bonchev–Trinajstić information content (AvgIpc) is 2.97. The second-order valence-corrected chi connectivity index (χ2v) is 7.28. The van der Waals surface area contributed by atoms with Crippen LogP contribution in [0.1, 0.15) is 63.3 Å². The number of nitrogens with one attached hydrogen (secondary N) is 1. The Balaban J connectivity index is 1.65. The minimum atomic E-state index is -0.724. The molecule has 0 saturated carbocycles. The SMILES string of the molecule is CCC[C@@H](C)NC(=O)COC(=O)c1ccc2c(c1)C(=O)N(Cc1ccccc1)C2=O. The van der Waals surface area contributed by atoms with E-state index in [-0.39, 0.29) is 35.2 Å². The Morgan fingerprint density at radius 3 is 2.43 bits per heavy atom. The van der Waals surface area contributed by atoms with Crippen LogP contribution in [0.2, 0.25) is 0 Å². The van der Waals surface area contributed by atoms with Crippen molar-refractivity contribution < 1.29 is 23.9 Å². The molecule has 30 heavy (non-hydrogen) atoms. The molecule has 0 radical (unpaired) electrons. The molecule has 0 saturated heterocycles. The Bertz CT molecular complexity index is 971. The van der Waals surface area contributed by atoms with Crippen molar-refractivity contribution in [2.75, 3.05) is 6.61 Å². The molecular weight excluding hydrogens is 384 g/mol. The minimum Gasteiger partial charge on any atom is -0.452 e. The highest BCUT2D eigenvalue weighted by Gasteiger charge is 2.36. The van der Waals surface area contributed by atoms with Crippen molar-refractivity contribution in [1.82, 2.24) is 10.2 Å². The molecule has 156 valence electrons. The van der Waals surface area contributed by atoms with Crippen LogP contribution in [0.4, 0.5) is 0 Å². The van der Waals surface area contributed by atoms with Crippen molar-refractivity contribution in [3.05, 3.63) is 70.8 Å². The van der Waals surface area contributed by atoms with Gasteiger partial charge in [0.2, 0.25) is 0 Å². The molecule has 0 bridgehead atoms. The number of benzene rings is 2. The highest BCUT2D eigenvalue weighted by atomic mass is 16.5. The van der Waals surface area contributed by atoms with Crippen LogP contribution in [0.25, 0.3) is 0 Å². The smallest absolute Gasteiger partial charge is 0.338 e. The molecular formula is C23H24N2O5. The van der Waals surface area contributed by atoms with E-state index in [1.54, 1.807) is 0 Å². The van der Waals surface area contributed by atoms with Crippen LogP contribution < -0.4 is 5.32 Å². The van der Waals surface area contributed by atoms with Gasteiger partial charge in [-0.2, -0.15) is 0 Å². The van der Waals surface area contributed by atoms with Crippen LogP contribution in [0.5, 0.6) is 0 Å². The normalized spacial score (nSPS) is 13.7. The summed E-state index contributed by atoms with van der Waals surface area (Å²) < 4.78 is 5.05. The van der Waals surface area contributed by atoms with Gasteiger partial charge >= 0.3 is 5.97 Å². The number of rotatable bonds is 8. The first-order valence-electron chi connectivity index (χ1n) is 9.91. The number of fused-ring (bicyclic) bond motifs is 1. The van der Waals surface area contributed by atoms with Gasteiger partial charge in [-0.1, -0.05) is 43.7 Å². The number of amides is 3. The summed E-state index contributed by atoms with van der Waals surface area (Å²) in [5.41, 5.74) is 1.35. The van der Waals surface area contributed by atoms with Gasteiger partial charge in [0, 0.05) is 6.04 Å². The molecule has 7 nitrogen and oxygen atoms in total. The lowest BCUT2D eigenvalue weighted by molar-refractivity contribution is -0.124. The minimum absolute atomic E-state index is 0.000396. The Labute approximate surface area is 175 Å². The Morgan fingerprint density at radius 1 is 1.03 bits per heavy atom. The zero-order valence-electron chi connectivity index (χ0n) is 17.0. The van der Waals surface area contributed by atoms with Gasteiger partial charge in [-0.15, -0.1) is 0 Å². The summed E-state index contributed by atoms with van der Waals surface area (Å²) in [5, 5.41) is 2.75. The molecule has 1 aliphatic heterocycles. The second kappa shape index (κ2) is 9.35. The summed E-state index contributed by atoms with van der Waals surface area (Å²) in [7, 11) is 0. The van der Waals surface area contributed by atoms with Crippen LogP contribution in [-0.2, 0) is 16.1 Å². The molecule has 0 fully saturated rings. The quantitative estimate of drug-likeness (QED) is 0.536. The lowest BCUT2D eigenvalue weighted by atomic mass is 10.1. The maximum Gasteiger partial charge on any atom is 0.338 e. The van der Waals surface area contributed by atoms with Gasteiger partial charge in [0.05, 0.1) is 23.2 Å². The summed E-state index contributed by atoms with van der Waals surface area (Å²) in [6, 6.07) is 13.4. The number of esters is 1. The van der Waals surface area contributed by atoms with E-state index in [2.05, 4.69) is 5.32 Å². The maximum atomic E-state index is 12.7. The lowest BCUT2D eigenvalue weighted by Crippen LogP contribution is -2.35. The number of ether oxygens (including phenoxy) is 1. The van der Waals surface area contributed by atoms with Gasteiger partial charge in [-0.25, -0.2) is 4.79 Å². The van der Waals surface area contributed by atoms with Crippen molar-refractivity contribution in [2.24, 2.45) is 0 Å². The fourth-order valence-electron chi connectivity index (χ4n) is 3.36. The summed E-state index contributed by atoms with van der Waals surface area (Å²) >= 11 is 0. The first kappa shape index (κ1) is 21.2. The van der Waals surface area contributed by atoms with Gasteiger partial charge in [0.1, 0.15) is 0 Å². The molecule has 2 aromatic carbocycles. The van der Waals surface area contributed by atoms with Crippen molar-refractivity contribution in [2.45, 2.75) is 39.3 Å². The molecule has 3 amide bonds. The molecule has 1 atom stereocenters. The van der Waals surface area contributed by atoms with Crippen LogP contribution in [0.3, 0.4) is 0 Å². The Hall–Kier alpha value is -3.48. The number of nitrogens with zero attached hydrogens (tertiary/aromatic N) is 1. The lowest BCUT2D eigenvalue weighted by Gasteiger charge is -2.13. The van der Waals surface area contributed by atoms with E-state index in [0.29, 0.717) is 0 Å². The molecule has 0 unspecified atom stereocenters. The first-order valence-corrected chi connectivity index (χ1v) is 9.91. The van der Waals surface area contributed by atoms with Crippen LogP contribution in [-0.4, -0.2) is 41.2 Å². The van der Waals surface area contributed by atoms with Gasteiger partial charge in [-0.05, 0) is 37.1 Å². The zero-order valence-corrected chi connectivity index (χ0v) is 17.0. The van der Waals surface area contributed by atoms with Crippen LogP contribution in [0.15, 0.2) is 48.5 Å². The molecule has 1 N–H and O–H groups in total. The fourth-order valence-corrected chi connectivity index (χ4v) is 3.36. The molecule has 0 aromatic heterocycles. The van der Waals surface area contributed by atoms with Crippen molar-refractivity contribution in [3.8, 4) is 0 Å². The molecule has 0 spiro atoms. The second-order valence-electron chi connectivity index (χ2n) is 7.28. The summed E-state index contributed by atoms with van der Waals surface area (Å²) in [5.74, 6) is -1.97. The third-order valence-electron chi connectivity index (χ3n) is 4.85. The van der Waals surface area contributed by atoms with E-state index in [9.17, 15) is 19.2 Å². The van der Waals surface area contributed by atoms with Gasteiger partial charge in [0.25, 0.3) is 17.7 Å². The molecule has 2 aromatic rings. The third kappa shape index (κ3) is 4.74. The average molecular weight is 408 g/mol. The number of carbonyl (C=O) groups excluding carboxylic acids is 4. The van der Waals surface area contributed by atoms with Crippen LogP contribution >= 0.6 is 0 Å². The molecule has 7 heteroatoms. The summed E-state index contributed by atoms with van der Waals surface area (Å²) in [4.78, 5) is 50.7. The largest absolute Gasteiger partial charge is 0.452 e. The standard InChI is InChI=1S/C23H24N2O5/c1-3-7-15(2)24-20(26)14-30-23(29)17-10-11-18-19(12-17)22(28)25(21(18)27)13-16-8-5-4-6-9-16/h4-6,8-12,15H,3,7,13-14H2,1-2H3,(H,24,26)/t15-/m1/s1. The topological polar surface area (TPSA) is 92.8 Å². The van der Waals surface area contributed by atoms with E-state index in [0.717, 1.165) is 23.3 Å². The molecule has 1 heterocycles. The first-order chi connectivity index (χ1) is 14.4. The van der Waals surface area contributed by atoms with Crippen LogP contribution in [0, 0.1) is 0 Å². The number of imide groups is 1. The van der Waals surface area contributed by atoms with E-state index >= 15 is 0 Å². The molecule has 0 aliphatic carbocycles. The van der Waals surface area contributed by atoms with Gasteiger partial charge in [-0.3, -0.25) is 19.3 Å². The van der Waals surface area contributed by atoms with E-state index in [4.69, 9.17) is 4.74 Å². The highest BCUT2D eigenvalue weighted by molar-refractivity contribution is 6.21. The van der Waals surface area contributed by atoms with Crippen molar-refractivity contribution in [3.63, 3.8) is 0 Å². The molecule has 1 aliphatic rings. The van der Waals surface area contributed by atoms with E-state index in [1.165, 1.54) is 18.2 Å². The van der Waals surface area contributed by atoms with E-state index < -0.39 is 24.4 Å². The zero-order chi connectivity index (χ0) is 21.7. The number of carbonyl (C=O) groups is 4. The Kier molecular flexibility index (Phi) is 6.61. The maximum absolute atomic E-state index is 12.7. The predicted molar refractivity (Wildman–Crippen MR) is 110 cm³/mol.